The predicted molar refractivity (Wildman–Crippen MR) is 73.4 cm³/mol. The van der Waals surface area contributed by atoms with Crippen molar-refractivity contribution >= 4 is 0 Å². The molecule has 1 aromatic carbocycles. The predicted octanol–water partition coefficient (Wildman–Crippen LogP) is 3.62. The van der Waals surface area contributed by atoms with Crippen molar-refractivity contribution in [3.8, 4) is 0 Å². The zero-order valence-corrected chi connectivity index (χ0v) is 10.9. The number of hydrogen-bond donors (Lipinski definition) is 1. The highest BCUT2D eigenvalue weighted by Crippen LogP contribution is 2.33. The number of nitrogens with zero attached hydrogens (tertiary/aromatic N) is 1. The van der Waals surface area contributed by atoms with Gasteiger partial charge in [-0.1, -0.05) is 43.3 Å². The lowest BCUT2D eigenvalue weighted by molar-refractivity contribution is 0.142. The fourth-order valence-corrected chi connectivity index (χ4v) is 2.31. The molecule has 0 spiro atoms. The van der Waals surface area contributed by atoms with Crippen LogP contribution in [0.5, 0.6) is 0 Å². The highest BCUT2D eigenvalue weighted by atomic mass is 16.3. The van der Waals surface area contributed by atoms with Crippen molar-refractivity contribution in [3.05, 3.63) is 65.5 Å². The van der Waals surface area contributed by atoms with E-state index < -0.39 is 6.10 Å². The Kier molecular flexibility index (Phi) is 4.11. The molecule has 0 saturated carbocycles. The van der Waals surface area contributed by atoms with Gasteiger partial charge in [-0.05, 0) is 30.0 Å². The molecule has 0 aliphatic rings. The number of aryl methyl sites for hydroxylation is 1. The van der Waals surface area contributed by atoms with Gasteiger partial charge in [0.2, 0.25) is 0 Å². The SMILES string of the molecule is CCC(c1ccccc1)C(O)c1cncc(C)c1. The standard InChI is InChI=1S/C16H19NO/c1-3-15(13-7-5-4-6-8-13)16(18)14-9-12(2)10-17-11-14/h4-11,15-16,18H,3H2,1-2H3. The summed E-state index contributed by atoms with van der Waals surface area (Å²) in [6.45, 7) is 4.09. The van der Waals surface area contributed by atoms with E-state index in [4.69, 9.17) is 0 Å². The molecule has 1 aromatic heterocycles. The molecule has 2 atom stereocenters. The van der Waals surface area contributed by atoms with E-state index in [0.717, 1.165) is 17.5 Å². The maximum absolute atomic E-state index is 10.5. The molecular formula is C16H19NO. The molecule has 2 nitrogen and oxygen atoms in total. The number of aliphatic hydroxyl groups is 1. The number of aliphatic hydroxyl groups excluding tert-OH is 1. The van der Waals surface area contributed by atoms with Gasteiger partial charge in [0.1, 0.15) is 0 Å². The minimum atomic E-state index is -0.496. The van der Waals surface area contributed by atoms with E-state index in [1.54, 1.807) is 12.4 Å². The first kappa shape index (κ1) is 12.8. The normalized spacial score (nSPS) is 14.2. The summed E-state index contributed by atoms with van der Waals surface area (Å²) in [5.74, 6) is 0.120. The van der Waals surface area contributed by atoms with Crippen molar-refractivity contribution in [2.75, 3.05) is 0 Å². The molecule has 0 bridgehead atoms. The highest BCUT2D eigenvalue weighted by molar-refractivity contribution is 5.26. The lowest BCUT2D eigenvalue weighted by Crippen LogP contribution is -2.10. The van der Waals surface area contributed by atoms with Crippen LogP contribution in [-0.4, -0.2) is 10.1 Å². The van der Waals surface area contributed by atoms with Crippen LogP contribution in [-0.2, 0) is 0 Å². The zero-order chi connectivity index (χ0) is 13.0. The Bertz CT molecular complexity index is 495. The molecule has 0 saturated heterocycles. The Morgan fingerprint density at radius 3 is 2.44 bits per heavy atom. The summed E-state index contributed by atoms with van der Waals surface area (Å²) >= 11 is 0. The van der Waals surface area contributed by atoms with Crippen LogP contribution in [0.4, 0.5) is 0 Å². The van der Waals surface area contributed by atoms with E-state index in [2.05, 4.69) is 24.0 Å². The smallest absolute Gasteiger partial charge is 0.0873 e. The molecule has 18 heavy (non-hydrogen) atoms. The number of aromatic nitrogens is 1. The molecule has 2 rings (SSSR count). The average molecular weight is 241 g/mol. The molecule has 2 heteroatoms. The zero-order valence-electron chi connectivity index (χ0n) is 10.9. The minimum Gasteiger partial charge on any atom is -0.388 e. The van der Waals surface area contributed by atoms with E-state index in [1.807, 2.05) is 31.2 Å². The van der Waals surface area contributed by atoms with Gasteiger partial charge in [-0.3, -0.25) is 4.98 Å². The van der Waals surface area contributed by atoms with Gasteiger partial charge in [-0.25, -0.2) is 0 Å². The van der Waals surface area contributed by atoms with Crippen LogP contribution < -0.4 is 0 Å². The van der Waals surface area contributed by atoms with Crippen molar-refractivity contribution in [2.45, 2.75) is 32.3 Å². The molecular weight excluding hydrogens is 222 g/mol. The number of hydrogen-bond acceptors (Lipinski definition) is 2. The molecule has 0 fully saturated rings. The third-order valence-corrected chi connectivity index (χ3v) is 3.29. The number of benzene rings is 1. The first-order chi connectivity index (χ1) is 8.72. The molecule has 0 aliphatic carbocycles. The molecule has 0 aliphatic heterocycles. The summed E-state index contributed by atoms with van der Waals surface area (Å²) in [6, 6.07) is 12.2. The van der Waals surface area contributed by atoms with E-state index in [0.29, 0.717) is 0 Å². The second kappa shape index (κ2) is 5.78. The monoisotopic (exact) mass is 241 g/mol. The van der Waals surface area contributed by atoms with Crippen molar-refractivity contribution in [1.82, 2.24) is 4.98 Å². The summed E-state index contributed by atoms with van der Waals surface area (Å²) in [5.41, 5.74) is 3.15. The molecule has 1 heterocycles. The second-order valence-corrected chi connectivity index (χ2v) is 4.67. The molecule has 2 unspecified atom stereocenters. The van der Waals surface area contributed by atoms with Gasteiger partial charge in [-0.2, -0.15) is 0 Å². The van der Waals surface area contributed by atoms with Crippen LogP contribution >= 0.6 is 0 Å². The largest absolute Gasteiger partial charge is 0.388 e. The number of pyridine rings is 1. The number of rotatable bonds is 4. The molecule has 0 amide bonds. The summed E-state index contributed by atoms with van der Waals surface area (Å²) < 4.78 is 0. The van der Waals surface area contributed by atoms with Crippen molar-refractivity contribution in [2.24, 2.45) is 0 Å². The van der Waals surface area contributed by atoms with Gasteiger partial charge in [0.15, 0.2) is 0 Å². The summed E-state index contributed by atoms with van der Waals surface area (Å²) in [5, 5.41) is 10.5. The lowest BCUT2D eigenvalue weighted by Gasteiger charge is -2.22. The Balaban J connectivity index is 2.28. The third-order valence-electron chi connectivity index (χ3n) is 3.29. The van der Waals surface area contributed by atoms with Crippen LogP contribution in [0.15, 0.2) is 48.8 Å². The van der Waals surface area contributed by atoms with Gasteiger partial charge in [0.05, 0.1) is 6.10 Å². The first-order valence-electron chi connectivity index (χ1n) is 6.37. The van der Waals surface area contributed by atoms with Crippen LogP contribution in [0.2, 0.25) is 0 Å². The fourth-order valence-electron chi connectivity index (χ4n) is 2.31. The maximum Gasteiger partial charge on any atom is 0.0873 e. The minimum absolute atomic E-state index is 0.120. The van der Waals surface area contributed by atoms with Crippen LogP contribution in [0.3, 0.4) is 0 Å². The van der Waals surface area contributed by atoms with Crippen molar-refractivity contribution in [1.29, 1.82) is 0 Å². The molecule has 0 radical (unpaired) electrons. The third kappa shape index (κ3) is 2.77. The van der Waals surface area contributed by atoms with Gasteiger partial charge in [0, 0.05) is 18.3 Å². The van der Waals surface area contributed by atoms with E-state index >= 15 is 0 Å². The van der Waals surface area contributed by atoms with Gasteiger partial charge in [0.25, 0.3) is 0 Å². The Morgan fingerprint density at radius 2 is 1.83 bits per heavy atom. The van der Waals surface area contributed by atoms with E-state index in [-0.39, 0.29) is 5.92 Å². The van der Waals surface area contributed by atoms with Crippen molar-refractivity contribution in [3.63, 3.8) is 0 Å². The van der Waals surface area contributed by atoms with E-state index in [1.165, 1.54) is 5.56 Å². The first-order valence-corrected chi connectivity index (χ1v) is 6.37. The van der Waals surface area contributed by atoms with Gasteiger partial charge in [-0.15, -0.1) is 0 Å². The van der Waals surface area contributed by atoms with Crippen LogP contribution in [0.25, 0.3) is 0 Å². The lowest BCUT2D eigenvalue weighted by atomic mass is 9.87. The van der Waals surface area contributed by atoms with E-state index in [9.17, 15) is 5.11 Å². The van der Waals surface area contributed by atoms with Gasteiger partial charge >= 0.3 is 0 Å². The van der Waals surface area contributed by atoms with Crippen molar-refractivity contribution < 1.29 is 5.11 Å². The van der Waals surface area contributed by atoms with Crippen LogP contribution in [0.1, 0.15) is 42.1 Å². The summed E-state index contributed by atoms with van der Waals surface area (Å²) in [4.78, 5) is 4.16. The quantitative estimate of drug-likeness (QED) is 0.887. The highest BCUT2D eigenvalue weighted by Gasteiger charge is 2.21. The topological polar surface area (TPSA) is 33.1 Å². The summed E-state index contributed by atoms with van der Waals surface area (Å²) in [7, 11) is 0. The second-order valence-electron chi connectivity index (χ2n) is 4.67. The van der Waals surface area contributed by atoms with Gasteiger partial charge < -0.3 is 5.11 Å². The average Bonchev–Trinajstić information content (AvgIpc) is 2.41. The summed E-state index contributed by atoms with van der Waals surface area (Å²) in [6.07, 6.45) is 3.96. The van der Waals surface area contributed by atoms with Crippen LogP contribution in [0, 0.1) is 6.92 Å². The molecule has 2 aromatic rings. The molecule has 1 N–H and O–H groups in total. The molecule has 94 valence electrons. The Hall–Kier alpha value is -1.67. The maximum atomic E-state index is 10.5. The fraction of sp³-hybridized carbons (Fsp3) is 0.312. The Morgan fingerprint density at radius 1 is 1.11 bits per heavy atom. The Labute approximate surface area is 108 Å².